The smallest absolute Gasteiger partial charge is 0.318 e. The average molecular weight is 342 g/mol. The lowest BCUT2D eigenvalue weighted by atomic mass is 9.98. The van der Waals surface area contributed by atoms with Crippen molar-refractivity contribution in [1.29, 1.82) is 0 Å². The first-order valence-electron chi connectivity index (χ1n) is 9.18. The summed E-state index contributed by atoms with van der Waals surface area (Å²) >= 11 is 0. The van der Waals surface area contributed by atoms with Crippen LogP contribution in [-0.4, -0.2) is 66.8 Å². The van der Waals surface area contributed by atoms with Gasteiger partial charge in [0, 0.05) is 49.3 Å². The molecule has 0 radical (unpaired) electrons. The van der Waals surface area contributed by atoms with Gasteiger partial charge in [-0.25, -0.2) is 4.79 Å². The Labute approximate surface area is 148 Å². The van der Waals surface area contributed by atoms with Crippen molar-refractivity contribution in [1.82, 2.24) is 20.1 Å². The van der Waals surface area contributed by atoms with E-state index in [1.807, 2.05) is 11.0 Å². The number of rotatable bonds is 3. The lowest BCUT2D eigenvalue weighted by molar-refractivity contribution is 0.0385. The molecular weight excluding hydrogens is 316 g/mol. The van der Waals surface area contributed by atoms with Crippen molar-refractivity contribution in [3.63, 3.8) is 0 Å². The fourth-order valence-corrected chi connectivity index (χ4v) is 3.95. The zero-order valence-corrected chi connectivity index (χ0v) is 14.8. The predicted molar refractivity (Wildman–Crippen MR) is 97.8 cm³/mol. The fourth-order valence-electron chi connectivity index (χ4n) is 3.95. The molecule has 1 aromatic heterocycles. The number of amides is 2. The number of ether oxygens (including phenoxy) is 1. The SMILES string of the molecule is CC1c2[nH]c3ccccc3c2CCN1C(=O)NCCN1CCOCC1. The first-order chi connectivity index (χ1) is 12.2. The van der Waals surface area contributed by atoms with Gasteiger partial charge in [-0.3, -0.25) is 4.90 Å². The number of carbonyl (C=O) groups excluding carboxylic acids is 1. The number of hydrogen-bond acceptors (Lipinski definition) is 3. The Balaban J connectivity index is 1.38. The second-order valence-electron chi connectivity index (χ2n) is 6.87. The van der Waals surface area contributed by atoms with Crippen molar-refractivity contribution in [2.75, 3.05) is 45.9 Å². The Morgan fingerprint density at radius 3 is 2.92 bits per heavy atom. The third kappa shape index (κ3) is 3.24. The topological polar surface area (TPSA) is 60.6 Å². The maximum absolute atomic E-state index is 12.6. The summed E-state index contributed by atoms with van der Waals surface area (Å²) in [6.45, 7) is 7.92. The summed E-state index contributed by atoms with van der Waals surface area (Å²) in [7, 11) is 0. The molecule has 2 N–H and O–H groups in total. The minimum Gasteiger partial charge on any atom is -0.379 e. The molecule has 134 valence electrons. The monoisotopic (exact) mass is 342 g/mol. The van der Waals surface area contributed by atoms with Gasteiger partial charge in [-0.1, -0.05) is 18.2 Å². The van der Waals surface area contributed by atoms with Gasteiger partial charge in [-0.2, -0.15) is 0 Å². The van der Waals surface area contributed by atoms with Gasteiger partial charge in [0.15, 0.2) is 0 Å². The van der Waals surface area contributed by atoms with Crippen molar-refractivity contribution in [2.24, 2.45) is 0 Å². The molecule has 2 aromatic rings. The molecule has 6 nitrogen and oxygen atoms in total. The predicted octanol–water partition coefficient (Wildman–Crippen LogP) is 2.13. The van der Waals surface area contributed by atoms with Crippen LogP contribution in [0, 0.1) is 0 Å². The molecule has 0 aliphatic carbocycles. The van der Waals surface area contributed by atoms with Crippen LogP contribution >= 0.6 is 0 Å². The summed E-state index contributed by atoms with van der Waals surface area (Å²) in [6, 6.07) is 8.49. The number of carbonyl (C=O) groups is 1. The quantitative estimate of drug-likeness (QED) is 0.898. The van der Waals surface area contributed by atoms with E-state index in [0.717, 1.165) is 51.3 Å². The number of benzene rings is 1. The van der Waals surface area contributed by atoms with Crippen molar-refractivity contribution in [3.8, 4) is 0 Å². The van der Waals surface area contributed by atoms with Gasteiger partial charge in [-0.05, 0) is 25.0 Å². The molecule has 0 saturated carbocycles. The highest BCUT2D eigenvalue weighted by molar-refractivity contribution is 5.86. The maximum Gasteiger partial charge on any atom is 0.318 e. The van der Waals surface area contributed by atoms with Crippen molar-refractivity contribution < 1.29 is 9.53 Å². The Morgan fingerprint density at radius 1 is 1.28 bits per heavy atom. The molecule has 25 heavy (non-hydrogen) atoms. The number of aromatic nitrogens is 1. The van der Waals surface area contributed by atoms with E-state index in [4.69, 9.17) is 4.74 Å². The average Bonchev–Trinajstić information content (AvgIpc) is 3.03. The number of nitrogens with zero attached hydrogens (tertiary/aromatic N) is 2. The van der Waals surface area contributed by atoms with Crippen LogP contribution in [0.25, 0.3) is 10.9 Å². The van der Waals surface area contributed by atoms with Crippen LogP contribution in [0.15, 0.2) is 24.3 Å². The van der Waals surface area contributed by atoms with Crippen LogP contribution in [0.1, 0.15) is 24.2 Å². The molecule has 1 unspecified atom stereocenters. The van der Waals surface area contributed by atoms with Crippen LogP contribution < -0.4 is 5.32 Å². The van der Waals surface area contributed by atoms with Gasteiger partial charge in [-0.15, -0.1) is 0 Å². The third-order valence-electron chi connectivity index (χ3n) is 5.40. The van der Waals surface area contributed by atoms with E-state index < -0.39 is 0 Å². The standard InChI is InChI=1S/C19H26N4O2/c1-14-18-16(15-4-2-3-5-17(15)21-18)6-8-23(14)19(24)20-7-9-22-10-12-25-13-11-22/h2-5,14,21H,6-13H2,1H3,(H,20,24). The lowest BCUT2D eigenvalue weighted by Crippen LogP contribution is -2.47. The van der Waals surface area contributed by atoms with E-state index in [0.29, 0.717) is 6.54 Å². The summed E-state index contributed by atoms with van der Waals surface area (Å²) in [4.78, 5) is 20.4. The van der Waals surface area contributed by atoms with Gasteiger partial charge in [0.25, 0.3) is 0 Å². The fraction of sp³-hybridized carbons (Fsp3) is 0.526. The van der Waals surface area contributed by atoms with Crippen LogP contribution in [0.5, 0.6) is 0 Å². The van der Waals surface area contributed by atoms with E-state index in [9.17, 15) is 4.79 Å². The van der Waals surface area contributed by atoms with Crippen LogP contribution in [0.3, 0.4) is 0 Å². The van der Waals surface area contributed by atoms with Gasteiger partial charge in [0.2, 0.25) is 0 Å². The van der Waals surface area contributed by atoms with Crippen LogP contribution in [0.4, 0.5) is 4.79 Å². The molecule has 0 spiro atoms. The molecule has 2 amide bonds. The number of morpholine rings is 1. The summed E-state index contributed by atoms with van der Waals surface area (Å²) in [5, 5.41) is 4.37. The molecule has 1 fully saturated rings. The van der Waals surface area contributed by atoms with E-state index in [1.54, 1.807) is 0 Å². The van der Waals surface area contributed by atoms with Crippen LogP contribution in [0.2, 0.25) is 0 Å². The van der Waals surface area contributed by atoms with Crippen molar-refractivity contribution >= 4 is 16.9 Å². The number of hydrogen-bond donors (Lipinski definition) is 2. The van der Waals surface area contributed by atoms with Crippen molar-refractivity contribution in [3.05, 3.63) is 35.5 Å². The molecule has 2 aliphatic heterocycles. The second-order valence-corrected chi connectivity index (χ2v) is 6.87. The Hall–Kier alpha value is -2.05. The number of para-hydroxylation sites is 1. The highest BCUT2D eigenvalue weighted by Gasteiger charge is 2.30. The molecule has 6 heteroatoms. The highest BCUT2D eigenvalue weighted by Crippen LogP contribution is 2.33. The van der Waals surface area contributed by atoms with E-state index in [-0.39, 0.29) is 12.1 Å². The first kappa shape index (κ1) is 16.4. The van der Waals surface area contributed by atoms with E-state index in [2.05, 4.69) is 40.3 Å². The Morgan fingerprint density at radius 2 is 2.08 bits per heavy atom. The minimum absolute atomic E-state index is 0.0325. The molecule has 2 aliphatic rings. The zero-order chi connectivity index (χ0) is 17.2. The summed E-state index contributed by atoms with van der Waals surface area (Å²) in [6.07, 6.45) is 0.903. The Bertz CT molecular complexity index is 751. The number of fused-ring (bicyclic) bond motifs is 3. The summed E-state index contributed by atoms with van der Waals surface area (Å²) in [5.74, 6) is 0. The third-order valence-corrected chi connectivity index (χ3v) is 5.40. The lowest BCUT2D eigenvalue weighted by Gasteiger charge is -2.34. The zero-order valence-electron chi connectivity index (χ0n) is 14.8. The molecule has 0 bridgehead atoms. The number of urea groups is 1. The van der Waals surface area contributed by atoms with Gasteiger partial charge in [0.05, 0.1) is 19.3 Å². The summed E-state index contributed by atoms with van der Waals surface area (Å²) in [5.41, 5.74) is 3.70. The highest BCUT2D eigenvalue weighted by atomic mass is 16.5. The molecular formula is C19H26N4O2. The van der Waals surface area contributed by atoms with Gasteiger partial charge >= 0.3 is 6.03 Å². The van der Waals surface area contributed by atoms with Crippen LogP contribution in [-0.2, 0) is 11.2 Å². The Kier molecular flexibility index (Phi) is 4.63. The molecule has 1 aromatic carbocycles. The molecule has 1 saturated heterocycles. The van der Waals surface area contributed by atoms with E-state index in [1.165, 1.54) is 16.6 Å². The maximum atomic E-state index is 12.6. The first-order valence-corrected chi connectivity index (χ1v) is 9.18. The van der Waals surface area contributed by atoms with Crippen molar-refractivity contribution in [2.45, 2.75) is 19.4 Å². The second kappa shape index (κ2) is 7.06. The van der Waals surface area contributed by atoms with Gasteiger partial charge < -0.3 is 19.9 Å². The normalized spacial score (nSPS) is 21.3. The number of aromatic amines is 1. The largest absolute Gasteiger partial charge is 0.379 e. The van der Waals surface area contributed by atoms with E-state index >= 15 is 0 Å². The molecule has 1 atom stereocenters. The van der Waals surface area contributed by atoms with Gasteiger partial charge in [0.1, 0.15) is 0 Å². The summed E-state index contributed by atoms with van der Waals surface area (Å²) < 4.78 is 5.35. The minimum atomic E-state index is 0.0325. The molecule has 4 rings (SSSR count). The number of nitrogens with one attached hydrogen (secondary N) is 2. The number of H-pyrrole nitrogens is 1. The molecule has 3 heterocycles.